The summed E-state index contributed by atoms with van der Waals surface area (Å²) in [5, 5.41) is 19.1. The van der Waals surface area contributed by atoms with E-state index < -0.39 is 5.60 Å². The highest BCUT2D eigenvalue weighted by Crippen LogP contribution is 2.36. The van der Waals surface area contributed by atoms with Crippen molar-refractivity contribution < 1.29 is 9.84 Å². The molecule has 0 aliphatic carbocycles. The second kappa shape index (κ2) is 8.52. The van der Waals surface area contributed by atoms with Crippen molar-refractivity contribution in [2.24, 2.45) is 0 Å². The smallest absolute Gasteiger partial charge is 0.221 e. The lowest BCUT2D eigenvalue weighted by atomic mass is 10.0. The van der Waals surface area contributed by atoms with Crippen LogP contribution in [-0.2, 0) is 12.1 Å². The van der Waals surface area contributed by atoms with Crippen LogP contribution < -0.4 is 10.5 Å². The first-order valence-corrected chi connectivity index (χ1v) is 10.2. The minimum Gasteiger partial charge on any atom is -0.494 e. The molecule has 4 aromatic rings. The Hall–Kier alpha value is -3.56. The van der Waals surface area contributed by atoms with E-state index in [1.54, 1.807) is 50.0 Å². The monoisotopic (exact) mass is 451 g/mol. The van der Waals surface area contributed by atoms with Gasteiger partial charge in [0.1, 0.15) is 17.0 Å². The van der Waals surface area contributed by atoms with Gasteiger partial charge in [0, 0.05) is 5.56 Å². The number of nitrogens with two attached hydrogens (primary N) is 1. The molecule has 0 radical (unpaired) electrons. The number of hydrogen-bond acceptors (Lipinski definition) is 8. The van der Waals surface area contributed by atoms with Crippen LogP contribution in [0, 0.1) is 0 Å². The van der Waals surface area contributed by atoms with Crippen LogP contribution in [-0.4, -0.2) is 42.2 Å². The van der Waals surface area contributed by atoms with Gasteiger partial charge >= 0.3 is 0 Å². The number of nitrogens with zero attached hydrogens (tertiary/aromatic N) is 6. The summed E-state index contributed by atoms with van der Waals surface area (Å²) in [6.45, 7) is 3.77. The van der Waals surface area contributed by atoms with Gasteiger partial charge in [0.05, 0.1) is 47.6 Å². The molecule has 0 aliphatic rings. The third-order valence-electron chi connectivity index (χ3n) is 4.75. The lowest BCUT2D eigenvalue weighted by Crippen LogP contribution is -2.18. The normalized spacial score (nSPS) is 11.5. The topological polar surface area (TPSA) is 125 Å². The number of aliphatic hydroxyl groups is 1. The van der Waals surface area contributed by atoms with Crippen LogP contribution in [0.25, 0.3) is 22.6 Å². The molecule has 4 rings (SSSR count). The molecule has 0 fully saturated rings. The Bertz CT molecular complexity index is 1270. The Balaban J connectivity index is 1.65. The maximum absolute atomic E-state index is 10.2. The zero-order valence-corrected chi connectivity index (χ0v) is 18.6. The van der Waals surface area contributed by atoms with Gasteiger partial charge in [0.25, 0.3) is 0 Å². The summed E-state index contributed by atoms with van der Waals surface area (Å²) < 4.78 is 7.07. The molecule has 0 aliphatic heterocycles. The fourth-order valence-corrected chi connectivity index (χ4v) is 3.47. The minimum absolute atomic E-state index is 0.0913. The van der Waals surface area contributed by atoms with Crippen molar-refractivity contribution in [3.8, 4) is 28.4 Å². The summed E-state index contributed by atoms with van der Waals surface area (Å²) in [5.41, 5.74) is 8.55. The van der Waals surface area contributed by atoms with Crippen molar-refractivity contribution in [1.29, 1.82) is 0 Å². The fraction of sp³-hybridized carbons (Fsp3) is 0.227. The van der Waals surface area contributed by atoms with Crippen LogP contribution in [0.2, 0.25) is 5.02 Å². The Morgan fingerprint density at radius 1 is 1.06 bits per heavy atom. The number of rotatable bonds is 6. The number of pyridine rings is 1. The highest BCUT2D eigenvalue weighted by atomic mass is 35.5. The zero-order chi connectivity index (χ0) is 22.9. The van der Waals surface area contributed by atoms with Crippen molar-refractivity contribution in [3.05, 3.63) is 65.1 Å². The highest BCUT2D eigenvalue weighted by molar-refractivity contribution is 6.32. The number of anilines is 1. The molecule has 0 saturated heterocycles. The lowest BCUT2D eigenvalue weighted by Gasteiger charge is -2.17. The maximum Gasteiger partial charge on any atom is 0.221 e. The van der Waals surface area contributed by atoms with Crippen LogP contribution in [0.5, 0.6) is 5.75 Å². The van der Waals surface area contributed by atoms with Gasteiger partial charge in [0.2, 0.25) is 5.95 Å². The van der Waals surface area contributed by atoms with Crippen LogP contribution in [0.15, 0.2) is 48.7 Å². The first kappa shape index (κ1) is 21.7. The molecule has 0 bridgehead atoms. The first-order valence-electron chi connectivity index (χ1n) is 9.81. The molecular weight excluding hydrogens is 430 g/mol. The molecule has 0 unspecified atom stereocenters. The quantitative estimate of drug-likeness (QED) is 0.457. The molecule has 10 heteroatoms. The SMILES string of the molecule is COc1c(Cl)cccc1-c1cc(-c2cn(Cc3cccc(C(C)(C)O)n3)nn2)nc(N)n1. The molecular formula is C22H22ClN7O2. The maximum atomic E-state index is 10.2. The molecule has 0 atom stereocenters. The molecule has 3 aromatic heterocycles. The average Bonchev–Trinajstić information content (AvgIpc) is 3.21. The summed E-state index contributed by atoms with van der Waals surface area (Å²) in [7, 11) is 1.54. The molecule has 3 N–H and O–H groups in total. The number of ether oxygens (including phenoxy) is 1. The van der Waals surface area contributed by atoms with Gasteiger partial charge in [-0.2, -0.15) is 0 Å². The van der Waals surface area contributed by atoms with Gasteiger partial charge in [-0.1, -0.05) is 28.9 Å². The molecule has 164 valence electrons. The Morgan fingerprint density at radius 2 is 1.81 bits per heavy atom. The summed E-state index contributed by atoms with van der Waals surface area (Å²) >= 11 is 6.25. The molecule has 0 saturated carbocycles. The van der Waals surface area contributed by atoms with E-state index in [-0.39, 0.29) is 5.95 Å². The summed E-state index contributed by atoms with van der Waals surface area (Å²) in [4.78, 5) is 13.1. The number of benzene rings is 1. The molecule has 0 spiro atoms. The van der Waals surface area contributed by atoms with Crippen LogP contribution in [0.3, 0.4) is 0 Å². The second-order valence-electron chi connectivity index (χ2n) is 7.69. The van der Waals surface area contributed by atoms with E-state index in [2.05, 4.69) is 25.3 Å². The van der Waals surface area contributed by atoms with E-state index in [0.29, 0.717) is 45.7 Å². The van der Waals surface area contributed by atoms with Crippen molar-refractivity contribution >= 4 is 17.5 Å². The van der Waals surface area contributed by atoms with E-state index in [0.717, 1.165) is 5.69 Å². The van der Waals surface area contributed by atoms with Crippen molar-refractivity contribution in [2.45, 2.75) is 26.0 Å². The van der Waals surface area contributed by atoms with Gasteiger partial charge in [-0.15, -0.1) is 5.10 Å². The van der Waals surface area contributed by atoms with Crippen LogP contribution in [0.4, 0.5) is 5.95 Å². The third-order valence-corrected chi connectivity index (χ3v) is 5.05. The molecule has 9 nitrogen and oxygen atoms in total. The second-order valence-corrected chi connectivity index (χ2v) is 8.10. The van der Waals surface area contributed by atoms with Crippen LogP contribution >= 0.6 is 11.6 Å². The van der Waals surface area contributed by atoms with E-state index in [9.17, 15) is 5.11 Å². The van der Waals surface area contributed by atoms with Crippen LogP contribution in [0.1, 0.15) is 25.2 Å². The van der Waals surface area contributed by atoms with Crippen molar-refractivity contribution in [2.75, 3.05) is 12.8 Å². The largest absolute Gasteiger partial charge is 0.494 e. The zero-order valence-electron chi connectivity index (χ0n) is 17.8. The van der Waals surface area contributed by atoms with Gasteiger partial charge in [-0.05, 0) is 44.2 Å². The standard InChI is InChI=1S/C22H22ClN7O2/c1-22(2,31)19-9-4-6-13(25-19)11-30-12-18(28-29-30)17-10-16(26-21(24)27-17)14-7-5-8-15(23)20(14)32-3/h4-10,12,31H,11H2,1-3H3,(H2,24,26,27). The lowest BCUT2D eigenvalue weighted by molar-refractivity contribution is 0.0736. The summed E-state index contributed by atoms with van der Waals surface area (Å²) in [5.74, 6) is 0.591. The van der Waals surface area contributed by atoms with Crippen molar-refractivity contribution in [3.63, 3.8) is 0 Å². The highest BCUT2D eigenvalue weighted by Gasteiger charge is 2.18. The minimum atomic E-state index is -1.03. The van der Waals surface area contributed by atoms with Gasteiger partial charge in [-0.25, -0.2) is 14.6 Å². The summed E-state index contributed by atoms with van der Waals surface area (Å²) in [6, 6.07) is 12.6. The average molecular weight is 452 g/mol. The summed E-state index contributed by atoms with van der Waals surface area (Å²) in [6.07, 6.45) is 1.75. The Kier molecular flexibility index (Phi) is 5.77. The van der Waals surface area contributed by atoms with E-state index >= 15 is 0 Å². The Labute approximate surface area is 189 Å². The molecule has 3 heterocycles. The predicted octanol–water partition coefficient (Wildman–Crippen LogP) is 3.32. The fourth-order valence-electron chi connectivity index (χ4n) is 3.22. The third kappa shape index (κ3) is 4.53. The van der Waals surface area contributed by atoms with Crippen molar-refractivity contribution in [1.82, 2.24) is 29.9 Å². The van der Waals surface area contributed by atoms with E-state index in [4.69, 9.17) is 22.1 Å². The number of hydrogen-bond donors (Lipinski definition) is 2. The Morgan fingerprint density at radius 3 is 2.56 bits per heavy atom. The number of aromatic nitrogens is 6. The van der Waals surface area contributed by atoms with E-state index in [1.165, 1.54) is 0 Å². The number of para-hydroxylation sites is 1. The number of halogens is 1. The first-order chi connectivity index (χ1) is 15.2. The molecule has 1 aromatic carbocycles. The van der Waals surface area contributed by atoms with E-state index in [1.807, 2.05) is 24.3 Å². The molecule has 32 heavy (non-hydrogen) atoms. The van der Waals surface area contributed by atoms with Gasteiger partial charge in [0.15, 0.2) is 0 Å². The predicted molar refractivity (Wildman–Crippen MR) is 121 cm³/mol. The number of nitrogen functional groups attached to an aromatic ring is 1. The number of methoxy groups -OCH3 is 1. The van der Waals surface area contributed by atoms with Gasteiger partial charge in [-0.3, -0.25) is 4.98 Å². The molecule has 0 amide bonds. The van der Waals surface area contributed by atoms with Gasteiger partial charge < -0.3 is 15.6 Å².